The number of aromatic nitrogens is 2. The van der Waals surface area contributed by atoms with Crippen molar-refractivity contribution in [1.82, 2.24) is 20.9 Å². The summed E-state index contributed by atoms with van der Waals surface area (Å²) in [5.74, 6) is 3.15. The molecule has 2 atom stereocenters. The quantitative estimate of drug-likeness (QED) is 0.0921. The standard InChI is InChI=1S/C40H42N4O5.ClH/c1-29(41-23-37-21-39(43-48-37)33-13-17-35(18-14-33)46-27-31-9-5-3-6-10-31)25-45-26-30(2)42-24-38-22-40(44-49-38)34-15-19-36(20-16-34)47-28-32-11-7-4-8-12-32;/h3-22,29-30,41-42H,23-28H2,1-2H3;1H. The second-order valence-electron chi connectivity index (χ2n) is 12.1. The first kappa shape index (κ1) is 36.4. The Balaban J connectivity index is 0.00000486. The lowest BCUT2D eigenvalue weighted by molar-refractivity contribution is 0.0971. The molecule has 6 aromatic rings. The van der Waals surface area contributed by atoms with Gasteiger partial charge in [-0.05, 0) is 73.5 Å². The molecule has 0 aliphatic heterocycles. The minimum absolute atomic E-state index is 0. The highest BCUT2D eigenvalue weighted by atomic mass is 35.5. The van der Waals surface area contributed by atoms with E-state index < -0.39 is 0 Å². The molecule has 50 heavy (non-hydrogen) atoms. The van der Waals surface area contributed by atoms with Crippen LogP contribution in [-0.4, -0.2) is 35.6 Å². The lowest BCUT2D eigenvalue weighted by Crippen LogP contribution is -2.34. The minimum atomic E-state index is 0. The van der Waals surface area contributed by atoms with Crippen LogP contribution in [0.5, 0.6) is 11.5 Å². The largest absolute Gasteiger partial charge is 0.489 e. The molecule has 9 nitrogen and oxygen atoms in total. The Morgan fingerprint density at radius 1 is 0.560 bits per heavy atom. The molecule has 0 radical (unpaired) electrons. The zero-order chi connectivity index (χ0) is 33.7. The Kier molecular flexibility index (Phi) is 13.6. The number of nitrogens with zero attached hydrogens (tertiary/aromatic N) is 2. The van der Waals surface area contributed by atoms with Crippen LogP contribution in [0.1, 0.15) is 36.5 Å². The molecule has 2 N–H and O–H groups in total. The fourth-order valence-electron chi connectivity index (χ4n) is 5.08. The monoisotopic (exact) mass is 694 g/mol. The summed E-state index contributed by atoms with van der Waals surface area (Å²) in [6.45, 7) is 7.48. The van der Waals surface area contributed by atoms with E-state index in [2.05, 4.69) is 34.8 Å². The molecular weight excluding hydrogens is 652 g/mol. The fourth-order valence-corrected chi connectivity index (χ4v) is 5.08. The van der Waals surface area contributed by atoms with E-state index in [1.807, 2.05) is 121 Å². The third-order valence-corrected chi connectivity index (χ3v) is 7.90. The van der Waals surface area contributed by atoms with Crippen LogP contribution in [0.25, 0.3) is 22.5 Å². The molecular formula is C40H43ClN4O5. The van der Waals surface area contributed by atoms with Gasteiger partial charge in [0.25, 0.3) is 0 Å². The smallest absolute Gasteiger partial charge is 0.151 e. The van der Waals surface area contributed by atoms with Crippen molar-refractivity contribution in [3.05, 3.63) is 144 Å². The van der Waals surface area contributed by atoms with Gasteiger partial charge in [0.05, 0.1) is 26.3 Å². The second-order valence-corrected chi connectivity index (χ2v) is 12.1. The molecule has 0 saturated carbocycles. The Labute approximate surface area is 299 Å². The molecule has 2 unspecified atom stereocenters. The molecule has 0 saturated heterocycles. The number of ether oxygens (including phenoxy) is 3. The van der Waals surface area contributed by atoms with E-state index in [9.17, 15) is 0 Å². The molecule has 0 amide bonds. The van der Waals surface area contributed by atoms with Gasteiger partial charge in [-0.3, -0.25) is 0 Å². The molecule has 2 heterocycles. The van der Waals surface area contributed by atoms with Crippen LogP contribution in [0, 0.1) is 0 Å². The van der Waals surface area contributed by atoms with E-state index in [4.69, 9.17) is 23.3 Å². The van der Waals surface area contributed by atoms with E-state index in [0.29, 0.717) is 39.5 Å². The Hall–Kier alpha value is -4.93. The van der Waals surface area contributed by atoms with E-state index in [-0.39, 0.29) is 24.5 Å². The summed E-state index contributed by atoms with van der Waals surface area (Å²) in [4.78, 5) is 0. The van der Waals surface area contributed by atoms with E-state index in [1.54, 1.807) is 0 Å². The maximum Gasteiger partial charge on any atom is 0.151 e. The van der Waals surface area contributed by atoms with Crippen LogP contribution in [0.4, 0.5) is 0 Å². The van der Waals surface area contributed by atoms with Crippen molar-refractivity contribution in [2.24, 2.45) is 0 Å². The summed E-state index contributed by atoms with van der Waals surface area (Å²) >= 11 is 0. The van der Waals surface area contributed by atoms with Crippen LogP contribution in [0.15, 0.2) is 130 Å². The van der Waals surface area contributed by atoms with Crippen LogP contribution in [-0.2, 0) is 31.0 Å². The third-order valence-electron chi connectivity index (χ3n) is 7.90. The van der Waals surface area contributed by atoms with Crippen LogP contribution in [0.2, 0.25) is 0 Å². The van der Waals surface area contributed by atoms with Gasteiger partial charge in [0.15, 0.2) is 11.5 Å². The summed E-state index contributed by atoms with van der Waals surface area (Å²) in [5.41, 5.74) is 5.79. The molecule has 2 aromatic heterocycles. The highest BCUT2D eigenvalue weighted by molar-refractivity contribution is 5.85. The van der Waals surface area contributed by atoms with E-state index in [0.717, 1.165) is 56.7 Å². The highest BCUT2D eigenvalue weighted by Gasteiger charge is 2.12. The van der Waals surface area contributed by atoms with E-state index >= 15 is 0 Å². The molecule has 6 rings (SSSR count). The SMILES string of the molecule is CC(COCC(C)NCc1cc(-c2ccc(OCc3ccccc3)cc2)no1)NCc1cc(-c2ccc(OCc3ccccc3)cc2)no1.Cl. The van der Waals surface area contributed by atoms with Crippen LogP contribution < -0.4 is 20.1 Å². The molecule has 260 valence electrons. The zero-order valence-corrected chi connectivity index (χ0v) is 29.1. The molecule has 0 bridgehead atoms. The number of hydrogen-bond donors (Lipinski definition) is 2. The Morgan fingerprint density at radius 2 is 0.960 bits per heavy atom. The summed E-state index contributed by atoms with van der Waals surface area (Å²) in [6.07, 6.45) is 0. The average molecular weight is 695 g/mol. The first-order valence-corrected chi connectivity index (χ1v) is 16.6. The molecule has 0 aliphatic carbocycles. The second kappa shape index (κ2) is 18.7. The summed E-state index contributed by atoms with van der Waals surface area (Å²) < 4.78 is 28.9. The van der Waals surface area contributed by atoms with Gasteiger partial charge >= 0.3 is 0 Å². The Morgan fingerprint density at radius 3 is 1.36 bits per heavy atom. The normalized spacial score (nSPS) is 12.2. The predicted molar refractivity (Wildman–Crippen MR) is 196 cm³/mol. The molecule has 0 spiro atoms. The lowest BCUT2D eigenvalue weighted by Gasteiger charge is -2.16. The first-order chi connectivity index (χ1) is 24.1. The Bertz CT molecular complexity index is 1690. The first-order valence-electron chi connectivity index (χ1n) is 16.6. The lowest BCUT2D eigenvalue weighted by atomic mass is 10.1. The fraction of sp³-hybridized carbons (Fsp3) is 0.250. The number of benzene rings is 4. The third kappa shape index (κ3) is 11.0. The number of halogens is 1. The maximum atomic E-state index is 5.96. The molecule has 10 heteroatoms. The van der Waals surface area contributed by atoms with Gasteiger partial charge in [0, 0.05) is 35.3 Å². The minimum Gasteiger partial charge on any atom is -0.489 e. The van der Waals surface area contributed by atoms with Crippen molar-refractivity contribution in [3.63, 3.8) is 0 Å². The summed E-state index contributed by atoms with van der Waals surface area (Å²) in [6, 6.07) is 40.2. The summed E-state index contributed by atoms with van der Waals surface area (Å²) in [7, 11) is 0. The van der Waals surface area contributed by atoms with Gasteiger partial charge in [0.2, 0.25) is 0 Å². The number of rotatable bonds is 18. The zero-order valence-electron chi connectivity index (χ0n) is 28.3. The van der Waals surface area contributed by atoms with Crippen molar-refractivity contribution in [3.8, 4) is 34.0 Å². The van der Waals surface area contributed by atoms with Gasteiger partial charge in [0.1, 0.15) is 36.1 Å². The molecule has 4 aromatic carbocycles. The van der Waals surface area contributed by atoms with E-state index in [1.165, 1.54) is 0 Å². The predicted octanol–water partition coefficient (Wildman–Crippen LogP) is 8.25. The van der Waals surface area contributed by atoms with Gasteiger partial charge in [-0.2, -0.15) is 0 Å². The van der Waals surface area contributed by atoms with Gasteiger partial charge in [-0.15, -0.1) is 12.4 Å². The van der Waals surface area contributed by atoms with Crippen LogP contribution in [0.3, 0.4) is 0 Å². The van der Waals surface area contributed by atoms with Crippen LogP contribution >= 0.6 is 12.4 Å². The topological polar surface area (TPSA) is 104 Å². The molecule has 0 fully saturated rings. The van der Waals surface area contributed by atoms with Crippen molar-refractivity contribution in [2.45, 2.75) is 52.2 Å². The van der Waals surface area contributed by atoms with Crippen molar-refractivity contribution < 1.29 is 23.3 Å². The number of nitrogens with one attached hydrogen (secondary N) is 2. The van der Waals surface area contributed by atoms with Crippen molar-refractivity contribution in [1.29, 1.82) is 0 Å². The summed E-state index contributed by atoms with van der Waals surface area (Å²) in [5, 5.41) is 15.4. The van der Waals surface area contributed by atoms with Gasteiger partial charge < -0.3 is 33.9 Å². The van der Waals surface area contributed by atoms with Crippen molar-refractivity contribution in [2.75, 3.05) is 13.2 Å². The van der Waals surface area contributed by atoms with Crippen molar-refractivity contribution >= 4 is 12.4 Å². The molecule has 0 aliphatic rings. The number of hydrogen-bond acceptors (Lipinski definition) is 9. The highest BCUT2D eigenvalue weighted by Crippen LogP contribution is 2.24. The maximum absolute atomic E-state index is 5.96. The van der Waals surface area contributed by atoms with Gasteiger partial charge in [-0.1, -0.05) is 71.0 Å². The van der Waals surface area contributed by atoms with Gasteiger partial charge in [-0.25, -0.2) is 0 Å². The average Bonchev–Trinajstić information content (AvgIpc) is 3.83.